The maximum absolute atomic E-state index is 12.5. The second-order valence-electron chi connectivity index (χ2n) is 5.60. The molecule has 0 saturated carbocycles. The molecule has 0 heterocycles. The average molecular weight is 364 g/mol. The first-order valence-corrected chi connectivity index (χ1v) is 9.33. The Morgan fingerprint density at radius 3 is 2.27 bits per heavy atom. The summed E-state index contributed by atoms with van der Waals surface area (Å²) in [5.74, 6) is 1.25. The number of nitrogens with one attached hydrogen (secondary N) is 1. The van der Waals surface area contributed by atoms with Crippen molar-refractivity contribution in [1.82, 2.24) is 0 Å². The third-order valence-electron chi connectivity index (χ3n) is 3.75. The van der Waals surface area contributed by atoms with Gasteiger partial charge in [0.25, 0.3) is 10.0 Å². The molecule has 0 radical (unpaired) electrons. The summed E-state index contributed by atoms with van der Waals surface area (Å²) in [4.78, 5) is 0.0855. The van der Waals surface area contributed by atoms with Crippen molar-refractivity contribution in [3.8, 4) is 17.6 Å². The molecule has 6 heteroatoms. The van der Waals surface area contributed by atoms with Crippen molar-refractivity contribution in [2.75, 3.05) is 4.72 Å². The maximum Gasteiger partial charge on any atom is 0.261 e. The summed E-state index contributed by atoms with van der Waals surface area (Å²) in [5.41, 5.74) is 1.49. The van der Waals surface area contributed by atoms with Gasteiger partial charge in [0.1, 0.15) is 17.6 Å². The van der Waals surface area contributed by atoms with Crippen LogP contribution in [0.1, 0.15) is 11.1 Å². The topological polar surface area (TPSA) is 79.2 Å². The van der Waals surface area contributed by atoms with Crippen LogP contribution >= 0.6 is 0 Å². The number of hydrogen-bond donors (Lipinski definition) is 1. The number of ether oxygens (including phenoxy) is 1. The highest BCUT2D eigenvalue weighted by molar-refractivity contribution is 7.92. The number of benzene rings is 3. The van der Waals surface area contributed by atoms with E-state index >= 15 is 0 Å². The zero-order valence-corrected chi connectivity index (χ0v) is 14.8. The number of sulfonamides is 1. The van der Waals surface area contributed by atoms with Gasteiger partial charge in [0, 0.05) is 0 Å². The van der Waals surface area contributed by atoms with Gasteiger partial charge in [-0.15, -0.1) is 0 Å². The molecule has 0 spiro atoms. The van der Waals surface area contributed by atoms with Gasteiger partial charge in [0.05, 0.1) is 16.1 Å². The average Bonchev–Trinajstić information content (AvgIpc) is 2.64. The van der Waals surface area contributed by atoms with E-state index < -0.39 is 10.0 Å². The van der Waals surface area contributed by atoms with Crippen molar-refractivity contribution in [2.45, 2.75) is 11.8 Å². The van der Waals surface area contributed by atoms with Gasteiger partial charge >= 0.3 is 0 Å². The van der Waals surface area contributed by atoms with E-state index in [0.29, 0.717) is 11.5 Å². The van der Waals surface area contributed by atoms with Gasteiger partial charge in [0.2, 0.25) is 0 Å². The van der Waals surface area contributed by atoms with E-state index in [1.54, 1.807) is 36.4 Å². The monoisotopic (exact) mass is 364 g/mol. The van der Waals surface area contributed by atoms with Crippen molar-refractivity contribution < 1.29 is 13.2 Å². The van der Waals surface area contributed by atoms with Crippen LogP contribution in [-0.2, 0) is 10.0 Å². The molecular formula is C20H16N2O3S. The Bertz CT molecular complexity index is 1070. The van der Waals surface area contributed by atoms with Crippen molar-refractivity contribution in [3.63, 3.8) is 0 Å². The Labute approximate surface area is 152 Å². The molecule has 0 saturated heterocycles. The Morgan fingerprint density at radius 1 is 0.923 bits per heavy atom. The van der Waals surface area contributed by atoms with Gasteiger partial charge in [-0.05, 0) is 55.0 Å². The molecular weight excluding hydrogens is 348 g/mol. The van der Waals surface area contributed by atoms with Gasteiger partial charge in [-0.1, -0.05) is 30.3 Å². The Kier molecular flexibility index (Phi) is 4.92. The molecule has 0 atom stereocenters. The Morgan fingerprint density at radius 2 is 1.58 bits per heavy atom. The molecule has 26 heavy (non-hydrogen) atoms. The minimum Gasteiger partial charge on any atom is -0.457 e. The first-order chi connectivity index (χ1) is 12.5. The van der Waals surface area contributed by atoms with Gasteiger partial charge in [-0.3, -0.25) is 4.72 Å². The SMILES string of the molecule is Cc1ccccc1Oc1ccc(S(=O)(=O)Nc2ccccc2C#N)cc1. The summed E-state index contributed by atoms with van der Waals surface area (Å²) < 4.78 is 33.3. The van der Waals surface area contributed by atoms with Crippen LogP contribution in [0.25, 0.3) is 0 Å². The van der Waals surface area contributed by atoms with Gasteiger partial charge in [-0.25, -0.2) is 8.42 Å². The second kappa shape index (κ2) is 7.30. The number of nitriles is 1. The third kappa shape index (κ3) is 3.85. The molecule has 0 aliphatic heterocycles. The van der Waals surface area contributed by atoms with E-state index in [1.165, 1.54) is 12.1 Å². The Hall–Kier alpha value is -3.30. The lowest BCUT2D eigenvalue weighted by Gasteiger charge is -2.11. The molecule has 3 aromatic carbocycles. The fraction of sp³-hybridized carbons (Fsp3) is 0.0500. The molecule has 3 rings (SSSR count). The molecule has 0 aliphatic rings. The van der Waals surface area contributed by atoms with E-state index in [9.17, 15) is 8.42 Å². The smallest absolute Gasteiger partial charge is 0.261 e. The van der Waals surface area contributed by atoms with E-state index in [2.05, 4.69) is 4.72 Å². The van der Waals surface area contributed by atoms with E-state index in [1.807, 2.05) is 37.3 Å². The highest BCUT2D eigenvalue weighted by atomic mass is 32.2. The summed E-state index contributed by atoms with van der Waals surface area (Å²) in [6, 6.07) is 22.1. The standard InChI is InChI=1S/C20H16N2O3S/c1-15-6-2-5-9-20(15)25-17-10-12-18(13-11-17)26(23,24)22-19-8-4-3-7-16(19)14-21/h2-13,22H,1H3. The molecule has 1 N–H and O–H groups in total. The minimum absolute atomic E-state index is 0.0855. The minimum atomic E-state index is -3.80. The molecule has 0 aromatic heterocycles. The van der Waals surface area contributed by atoms with E-state index in [0.717, 1.165) is 5.56 Å². The third-order valence-corrected chi connectivity index (χ3v) is 5.13. The van der Waals surface area contributed by atoms with Crippen LogP contribution in [0.3, 0.4) is 0 Å². The van der Waals surface area contributed by atoms with Crippen LogP contribution < -0.4 is 9.46 Å². The van der Waals surface area contributed by atoms with Crippen LogP contribution in [0.4, 0.5) is 5.69 Å². The first kappa shape index (κ1) is 17.5. The van der Waals surface area contributed by atoms with Crippen molar-refractivity contribution in [2.24, 2.45) is 0 Å². The fourth-order valence-corrected chi connectivity index (χ4v) is 3.44. The summed E-state index contributed by atoms with van der Waals surface area (Å²) in [5, 5.41) is 9.08. The Balaban J connectivity index is 1.81. The highest BCUT2D eigenvalue weighted by Crippen LogP contribution is 2.26. The van der Waals surface area contributed by atoms with Gasteiger partial charge in [0.15, 0.2) is 0 Å². The molecule has 0 amide bonds. The summed E-state index contributed by atoms with van der Waals surface area (Å²) in [6.07, 6.45) is 0. The number of para-hydroxylation sites is 2. The van der Waals surface area contributed by atoms with Crippen molar-refractivity contribution in [3.05, 3.63) is 83.9 Å². The van der Waals surface area contributed by atoms with E-state index in [-0.39, 0.29) is 16.1 Å². The lowest BCUT2D eigenvalue weighted by atomic mass is 10.2. The lowest BCUT2D eigenvalue weighted by molar-refractivity contribution is 0.478. The quantitative estimate of drug-likeness (QED) is 0.725. The first-order valence-electron chi connectivity index (χ1n) is 7.85. The van der Waals surface area contributed by atoms with Crippen LogP contribution in [0.5, 0.6) is 11.5 Å². The number of nitrogens with zero attached hydrogens (tertiary/aromatic N) is 1. The molecule has 0 bridgehead atoms. The van der Waals surface area contributed by atoms with Crippen LogP contribution in [0.2, 0.25) is 0 Å². The number of anilines is 1. The number of rotatable bonds is 5. The predicted molar refractivity (Wildman–Crippen MR) is 99.7 cm³/mol. The molecule has 3 aromatic rings. The number of aryl methyl sites for hydroxylation is 1. The van der Waals surface area contributed by atoms with Crippen LogP contribution in [0.15, 0.2) is 77.7 Å². The molecule has 5 nitrogen and oxygen atoms in total. The van der Waals surface area contributed by atoms with Crippen LogP contribution in [0, 0.1) is 18.3 Å². The number of hydrogen-bond acceptors (Lipinski definition) is 4. The molecule has 0 fully saturated rings. The van der Waals surface area contributed by atoms with Gasteiger partial charge in [-0.2, -0.15) is 5.26 Å². The summed E-state index contributed by atoms with van der Waals surface area (Å²) >= 11 is 0. The van der Waals surface area contributed by atoms with Gasteiger partial charge < -0.3 is 4.74 Å². The fourth-order valence-electron chi connectivity index (χ4n) is 2.36. The normalized spacial score (nSPS) is 10.8. The van der Waals surface area contributed by atoms with Crippen molar-refractivity contribution >= 4 is 15.7 Å². The van der Waals surface area contributed by atoms with E-state index in [4.69, 9.17) is 10.00 Å². The predicted octanol–water partition coefficient (Wildman–Crippen LogP) is 4.46. The zero-order chi connectivity index (χ0) is 18.6. The van der Waals surface area contributed by atoms with Crippen LogP contribution in [-0.4, -0.2) is 8.42 Å². The largest absolute Gasteiger partial charge is 0.457 e. The highest BCUT2D eigenvalue weighted by Gasteiger charge is 2.16. The zero-order valence-electron chi connectivity index (χ0n) is 14.0. The molecule has 0 unspecified atom stereocenters. The summed E-state index contributed by atoms with van der Waals surface area (Å²) in [6.45, 7) is 1.94. The maximum atomic E-state index is 12.5. The molecule has 130 valence electrons. The second-order valence-corrected chi connectivity index (χ2v) is 7.28. The summed E-state index contributed by atoms with van der Waals surface area (Å²) in [7, 11) is -3.80. The van der Waals surface area contributed by atoms with Crippen molar-refractivity contribution in [1.29, 1.82) is 5.26 Å². The molecule has 0 aliphatic carbocycles. The lowest BCUT2D eigenvalue weighted by Crippen LogP contribution is -2.13.